The highest BCUT2D eigenvalue weighted by Crippen LogP contribution is 2.24. The summed E-state index contributed by atoms with van der Waals surface area (Å²) in [6, 6.07) is 13.4. The van der Waals surface area contributed by atoms with Gasteiger partial charge in [0, 0.05) is 45.5 Å². The molecule has 1 atom stereocenters. The van der Waals surface area contributed by atoms with Crippen LogP contribution in [0.1, 0.15) is 12.5 Å². The quantitative estimate of drug-likeness (QED) is 0.457. The first-order valence-corrected chi connectivity index (χ1v) is 12.5. The molecule has 0 spiro atoms. The lowest BCUT2D eigenvalue weighted by Gasteiger charge is -2.33. The van der Waals surface area contributed by atoms with Gasteiger partial charge in [-0.15, -0.1) is 6.58 Å². The van der Waals surface area contributed by atoms with Crippen molar-refractivity contribution in [3.8, 4) is 0 Å². The number of thioether (sulfide) groups is 1. The van der Waals surface area contributed by atoms with Crippen molar-refractivity contribution in [3.63, 3.8) is 0 Å². The molecular weight excluding hydrogens is 432 g/mol. The molecule has 9 heteroatoms. The monoisotopic (exact) mass is 460 g/mol. The van der Waals surface area contributed by atoms with E-state index in [1.165, 1.54) is 27.8 Å². The summed E-state index contributed by atoms with van der Waals surface area (Å²) < 4.78 is 27.5. The molecule has 0 aliphatic carbocycles. The third-order valence-electron chi connectivity index (χ3n) is 5.01. The molecule has 166 valence electrons. The van der Waals surface area contributed by atoms with E-state index in [4.69, 9.17) is 0 Å². The Hall–Kier alpha value is -2.20. The van der Waals surface area contributed by atoms with E-state index >= 15 is 0 Å². The van der Waals surface area contributed by atoms with Crippen LogP contribution in [0.5, 0.6) is 0 Å². The minimum atomic E-state index is -3.59. The van der Waals surface area contributed by atoms with Crippen molar-refractivity contribution in [2.24, 2.45) is 0 Å². The normalized spacial score (nSPS) is 16.5. The van der Waals surface area contributed by atoms with E-state index in [1.54, 1.807) is 25.1 Å². The van der Waals surface area contributed by atoms with Crippen LogP contribution in [0, 0.1) is 0 Å². The molecule has 2 aromatic rings. The molecule has 1 aromatic heterocycles. The summed E-state index contributed by atoms with van der Waals surface area (Å²) in [5.41, 5.74) is 1.23. The Morgan fingerprint density at radius 1 is 1.19 bits per heavy atom. The van der Waals surface area contributed by atoms with Crippen molar-refractivity contribution in [1.82, 2.24) is 19.5 Å². The van der Waals surface area contributed by atoms with Crippen LogP contribution < -0.4 is 5.32 Å². The van der Waals surface area contributed by atoms with Crippen LogP contribution in [0.15, 0.2) is 71.2 Å². The average molecular weight is 461 g/mol. The number of piperazine rings is 1. The smallest absolute Gasteiger partial charge is 0.244 e. The van der Waals surface area contributed by atoms with Crippen molar-refractivity contribution in [2.75, 3.05) is 32.7 Å². The summed E-state index contributed by atoms with van der Waals surface area (Å²) in [6.45, 7) is 8.86. The fourth-order valence-electron chi connectivity index (χ4n) is 3.26. The second kappa shape index (κ2) is 10.9. The topological polar surface area (TPSA) is 82.6 Å². The summed E-state index contributed by atoms with van der Waals surface area (Å²) in [5, 5.41) is 3.00. The van der Waals surface area contributed by atoms with Gasteiger partial charge in [0.1, 0.15) is 4.90 Å². The number of rotatable bonds is 9. The van der Waals surface area contributed by atoms with E-state index in [1.807, 2.05) is 18.2 Å². The number of nitrogens with zero attached hydrogens (tertiary/aromatic N) is 3. The maximum Gasteiger partial charge on any atom is 0.244 e. The van der Waals surface area contributed by atoms with Crippen LogP contribution in [0.3, 0.4) is 0 Å². The number of carbonyl (C=O) groups is 1. The van der Waals surface area contributed by atoms with Crippen molar-refractivity contribution in [3.05, 3.63) is 66.9 Å². The van der Waals surface area contributed by atoms with E-state index < -0.39 is 10.0 Å². The highest BCUT2D eigenvalue weighted by molar-refractivity contribution is 8.00. The fourth-order valence-corrected chi connectivity index (χ4v) is 5.44. The molecule has 1 amide bonds. The summed E-state index contributed by atoms with van der Waals surface area (Å²) in [5.74, 6) is -0.114. The minimum absolute atomic E-state index is 0.114. The Morgan fingerprint density at radius 3 is 2.52 bits per heavy atom. The summed E-state index contributed by atoms with van der Waals surface area (Å²) in [4.78, 5) is 18.7. The number of pyridine rings is 1. The van der Waals surface area contributed by atoms with Gasteiger partial charge in [0.2, 0.25) is 15.9 Å². The van der Waals surface area contributed by atoms with E-state index in [0.29, 0.717) is 37.7 Å². The van der Waals surface area contributed by atoms with Gasteiger partial charge in [-0.2, -0.15) is 4.31 Å². The molecule has 1 saturated heterocycles. The molecule has 1 N–H and O–H groups in total. The summed E-state index contributed by atoms with van der Waals surface area (Å²) >= 11 is 1.29. The molecule has 1 aliphatic heterocycles. The molecule has 7 nitrogen and oxygen atoms in total. The molecule has 0 radical (unpaired) electrons. The lowest BCUT2D eigenvalue weighted by molar-refractivity contribution is -0.120. The SMILES string of the molecule is C=CCNC(=O)C(C)Sc1ccc(S(=O)(=O)N2CCN(Cc3ccccc3)CC2)cn1. The Balaban J connectivity index is 1.56. The highest BCUT2D eigenvalue weighted by atomic mass is 32.2. The van der Waals surface area contributed by atoms with Crippen molar-refractivity contribution in [1.29, 1.82) is 0 Å². The number of aromatic nitrogens is 1. The third-order valence-corrected chi connectivity index (χ3v) is 7.95. The number of carbonyl (C=O) groups excluding carboxylic acids is 1. The second-order valence-corrected chi connectivity index (χ2v) is 10.6. The number of hydrogen-bond donors (Lipinski definition) is 1. The number of sulfonamides is 1. The average Bonchev–Trinajstić information content (AvgIpc) is 2.79. The van der Waals surface area contributed by atoms with Crippen LogP contribution in [0.2, 0.25) is 0 Å². The van der Waals surface area contributed by atoms with Crippen molar-refractivity contribution in [2.45, 2.75) is 28.6 Å². The van der Waals surface area contributed by atoms with Gasteiger partial charge >= 0.3 is 0 Å². The summed E-state index contributed by atoms with van der Waals surface area (Å²) in [6.07, 6.45) is 3.00. The number of amides is 1. The van der Waals surface area contributed by atoms with Gasteiger partial charge in [0.15, 0.2) is 0 Å². The molecule has 2 heterocycles. The van der Waals surface area contributed by atoms with Gasteiger partial charge in [0.05, 0.1) is 10.3 Å². The largest absolute Gasteiger partial charge is 0.352 e. The van der Waals surface area contributed by atoms with Crippen molar-refractivity contribution >= 4 is 27.7 Å². The fraction of sp³-hybridized carbons (Fsp3) is 0.364. The maximum atomic E-state index is 13.0. The zero-order chi connectivity index (χ0) is 22.3. The molecule has 1 aliphatic rings. The molecule has 1 unspecified atom stereocenters. The predicted molar refractivity (Wildman–Crippen MR) is 123 cm³/mol. The molecule has 1 aromatic carbocycles. The molecule has 0 bridgehead atoms. The lowest BCUT2D eigenvalue weighted by Crippen LogP contribution is -2.48. The van der Waals surface area contributed by atoms with Gasteiger partial charge in [-0.3, -0.25) is 9.69 Å². The molecule has 0 saturated carbocycles. The Labute approximate surface area is 188 Å². The van der Waals surface area contributed by atoms with Crippen LogP contribution in [-0.2, 0) is 21.4 Å². The van der Waals surface area contributed by atoms with E-state index in [0.717, 1.165) is 6.54 Å². The predicted octanol–water partition coefficient (Wildman–Crippen LogP) is 2.37. The van der Waals surface area contributed by atoms with Gasteiger partial charge in [0.25, 0.3) is 0 Å². The maximum absolute atomic E-state index is 13.0. The Kier molecular flexibility index (Phi) is 8.25. The van der Waals surface area contributed by atoms with Crippen LogP contribution >= 0.6 is 11.8 Å². The van der Waals surface area contributed by atoms with E-state index in [9.17, 15) is 13.2 Å². The zero-order valence-electron chi connectivity index (χ0n) is 17.6. The lowest BCUT2D eigenvalue weighted by atomic mass is 10.2. The second-order valence-electron chi connectivity index (χ2n) is 7.29. The minimum Gasteiger partial charge on any atom is -0.352 e. The van der Waals surface area contributed by atoms with Gasteiger partial charge in [-0.05, 0) is 24.6 Å². The third kappa shape index (κ3) is 6.39. The molecule has 3 rings (SSSR count). The van der Waals surface area contributed by atoms with Crippen molar-refractivity contribution < 1.29 is 13.2 Å². The van der Waals surface area contributed by atoms with Gasteiger partial charge < -0.3 is 5.32 Å². The number of hydrogen-bond acceptors (Lipinski definition) is 6. The Bertz CT molecular complexity index is 974. The number of benzene rings is 1. The van der Waals surface area contributed by atoms with Gasteiger partial charge in [-0.25, -0.2) is 13.4 Å². The van der Waals surface area contributed by atoms with E-state index in [2.05, 4.69) is 33.9 Å². The molecule has 1 fully saturated rings. The number of nitrogens with one attached hydrogen (secondary N) is 1. The molecule has 31 heavy (non-hydrogen) atoms. The summed E-state index contributed by atoms with van der Waals surface area (Å²) in [7, 11) is -3.59. The van der Waals surface area contributed by atoms with E-state index in [-0.39, 0.29) is 16.1 Å². The highest BCUT2D eigenvalue weighted by Gasteiger charge is 2.29. The first-order chi connectivity index (χ1) is 14.9. The zero-order valence-corrected chi connectivity index (χ0v) is 19.2. The first-order valence-electron chi connectivity index (χ1n) is 10.2. The Morgan fingerprint density at radius 2 is 1.90 bits per heavy atom. The van der Waals surface area contributed by atoms with Crippen LogP contribution in [0.4, 0.5) is 0 Å². The van der Waals surface area contributed by atoms with Gasteiger partial charge in [-0.1, -0.05) is 48.2 Å². The molecular formula is C22H28N4O3S2. The van der Waals surface area contributed by atoms with Crippen LogP contribution in [0.25, 0.3) is 0 Å². The first kappa shape index (κ1) is 23.5. The standard InChI is InChI=1S/C22H28N4O3S2/c1-3-11-23-22(27)18(2)30-21-10-9-20(16-24-21)31(28,29)26-14-12-25(13-15-26)17-19-7-5-4-6-8-19/h3-10,16,18H,1,11-15,17H2,2H3,(H,23,27). The van der Waals surface area contributed by atoms with Crippen LogP contribution in [-0.4, -0.2) is 66.5 Å².